The maximum atomic E-state index is 5.48. The van der Waals surface area contributed by atoms with Crippen molar-refractivity contribution in [1.82, 2.24) is 14.7 Å². The quantitative estimate of drug-likeness (QED) is 0.726. The molecule has 3 rings (SSSR count). The normalized spacial score (nSPS) is 10.6. The molecule has 0 aliphatic carbocycles. The van der Waals surface area contributed by atoms with Gasteiger partial charge in [0.1, 0.15) is 5.69 Å². The van der Waals surface area contributed by atoms with Crippen LogP contribution in [-0.4, -0.2) is 14.7 Å². The molecule has 2 N–H and O–H groups in total. The van der Waals surface area contributed by atoms with Gasteiger partial charge in [-0.15, -0.1) is 0 Å². The Morgan fingerprint density at radius 2 is 2.00 bits per heavy atom. The molecule has 0 unspecified atom stereocenters. The summed E-state index contributed by atoms with van der Waals surface area (Å²) >= 11 is 0. The van der Waals surface area contributed by atoms with E-state index in [1.54, 1.807) is 18.6 Å². The minimum Gasteiger partial charge on any atom is -0.368 e. The number of anilines is 1. The summed E-state index contributed by atoms with van der Waals surface area (Å²) in [7, 11) is 0. The molecule has 0 radical (unpaired) electrons. The summed E-state index contributed by atoms with van der Waals surface area (Å²) in [4.78, 5) is 4.00. The van der Waals surface area contributed by atoms with E-state index < -0.39 is 0 Å². The Bertz CT molecular complexity index is 610. The molecule has 0 saturated heterocycles. The highest BCUT2D eigenvalue weighted by molar-refractivity contribution is 5.62. The summed E-state index contributed by atoms with van der Waals surface area (Å²) in [5, 5.41) is 3.86. The number of nitrogen functional groups attached to an aromatic ring is 1. The highest BCUT2D eigenvalue weighted by Gasteiger charge is 2.04. The van der Waals surface area contributed by atoms with Gasteiger partial charge in [-0.3, -0.25) is 0 Å². The Morgan fingerprint density at radius 1 is 1.18 bits per heavy atom. The number of imidazole rings is 1. The van der Waals surface area contributed by atoms with Gasteiger partial charge in [-0.2, -0.15) is 0 Å². The van der Waals surface area contributed by atoms with Crippen LogP contribution in [0.25, 0.3) is 16.9 Å². The Hall–Kier alpha value is -2.56. The van der Waals surface area contributed by atoms with Crippen LogP contribution in [0.15, 0.2) is 53.6 Å². The van der Waals surface area contributed by atoms with E-state index in [2.05, 4.69) is 10.1 Å². The first-order valence-corrected chi connectivity index (χ1v) is 5.14. The zero-order chi connectivity index (χ0) is 11.7. The van der Waals surface area contributed by atoms with Crippen molar-refractivity contribution in [2.45, 2.75) is 0 Å². The number of hydrogen-bond donors (Lipinski definition) is 1. The van der Waals surface area contributed by atoms with Gasteiger partial charge in [0.05, 0.1) is 6.33 Å². The van der Waals surface area contributed by atoms with Crippen LogP contribution in [0.5, 0.6) is 0 Å². The van der Waals surface area contributed by atoms with Crippen LogP contribution >= 0.6 is 0 Å². The first-order valence-electron chi connectivity index (χ1n) is 5.14. The van der Waals surface area contributed by atoms with Gasteiger partial charge >= 0.3 is 0 Å². The summed E-state index contributed by atoms with van der Waals surface area (Å²) in [6.07, 6.45) is 5.39. The largest absolute Gasteiger partial charge is 0.368 e. The second-order valence-electron chi connectivity index (χ2n) is 3.63. The van der Waals surface area contributed by atoms with Gasteiger partial charge in [0.25, 0.3) is 0 Å². The van der Waals surface area contributed by atoms with Gasteiger partial charge < -0.3 is 14.8 Å². The molecule has 0 aliphatic rings. The van der Waals surface area contributed by atoms with E-state index in [-0.39, 0.29) is 0 Å². The number of rotatable bonds is 2. The summed E-state index contributed by atoms with van der Waals surface area (Å²) in [5.41, 5.74) is 8.23. The summed E-state index contributed by atoms with van der Waals surface area (Å²) in [6.45, 7) is 0. The predicted octanol–water partition coefficient (Wildman–Crippen LogP) is 2.11. The first-order chi connectivity index (χ1) is 8.33. The van der Waals surface area contributed by atoms with Crippen LogP contribution in [0.4, 0.5) is 5.88 Å². The zero-order valence-electron chi connectivity index (χ0n) is 8.95. The molecule has 3 aromatic rings. The van der Waals surface area contributed by atoms with Crippen molar-refractivity contribution < 1.29 is 4.52 Å². The number of nitrogens with two attached hydrogens (primary N) is 1. The second kappa shape index (κ2) is 3.79. The standard InChI is InChI=1S/C12H10N4O/c13-12-7-11(15-17-12)9-1-3-10(4-2-9)16-6-5-14-8-16/h1-8H,13H2. The van der Waals surface area contributed by atoms with Crippen molar-refractivity contribution in [2.75, 3.05) is 5.73 Å². The van der Waals surface area contributed by atoms with Crippen LogP contribution in [0.3, 0.4) is 0 Å². The van der Waals surface area contributed by atoms with E-state index >= 15 is 0 Å². The Labute approximate surface area is 97.5 Å². The van der Waals surface area contributed by atoms with Gasteiger partial charge in [-0.05, 0) is 12.1 Å². The lowest BCUT2D eigenvalue weighted by Crippen LogP contribution is -1.89. The fourth-order valence-electron chi connectivity index (χ4n) is 1.64. The van der Waals surface area contributed by atoms with Crippen LogP contribution in [0, 0.1) is 0 Å². The monoisotopic (exact) mass is 226 g/mol. The van der Waals surface area contributed by atoms with E-state index in [0.717, 1.165) is 16.9 Å². The molecule has 2 aromatic heterocycles. The van der Waals surface area contributed by atoms with Crippen molar-refractivity contribution in [3.63, 3.8) is 0 Å². The number of aromatic nitrogens is 3. The summed E-state index contributed by atoms with van der Waals surface area (Å²) < 4.78 is 6.77. The molecule has 5 nitrogen and oxygen atoms in total. The molecule has 0 amide bonds. The first kappa shape index (κ1) is 9.65. The predicted molar refractivity (Wildman–Crippen MR) is 63.5 cm³/mol. The summed E-state index contributed by atoms with van der Waals surface area (Å²) in [6, 6.07) is 9.61. The molecule has 17 heavy (non-hydrogen) atoms. The lowest BCUT2D eigenvalue weighted by Gasteiger charge is -2.02. The fraction of sp³-hybridized carbons (Fsp3) is 0. The van der Waals surface area contributed by atoms with E-state index in [4.69, 9.17) is 10.3 Å². The topological polar surface area (TPSA) is 69.9 Å². The zero-order valence-corrected chi connectivity index (χ0v) is 8.95. The molecular weight excluding hydrogens is 216 g/mol. The van der Waals surface area contributed by atoms with Crippen molar-refractivity contribution in [3.05, 3.63) is 49.1 Å². The molecule has 2 heterocycles. The van der Waals surface area contributed by atoms with Gasteiger partial charge in [-0.25, -0.2) is 4.98 Å². The molecule has 0 spiro atoms. The maximum absolute atomic E-state index is 5.48. The lowest BCUT2D eigenvalue weighted by molar-refractivity contribution is 0.439. The number of benzene rings is 1. The summed E-state index contributed by atoms with van der Waals surface area (Å²) in [5.74, 6) is 0.318. The highest BCUT2D eigenvalue weighted by Crippen LogP contribution is 2.21. The average molecular weight is 226 g/mol. The van der Waals surface area contributed by atoms with E-state index in [9.17, 15) is 0 Å². The van der Waals surface area contributed by atoms with Crippen LogP contribution in [-0.2, 0) is 0 Å². The third-order valence-corrected chi connectivity index (χ3v) is 2.49. The minimum absolute atomic E-state index is 0.318. The van der Waals surface area contributed by atoms with Gasteiger partial charge in [0, 0.05) is 29.7 Å². The second-order valence-corrected chi connectivity index (χ2v) is 3.63. The molecule has 0 fully saturated rings. The van der Waals surface area contributed by atoms with E-state index in [0.29, 0.717) is 5.88 Å². The van der Waals surface area contributed by atoms with Gasteiger partial charge in [-0.1, -0.05) is 17.3 Å². The van der Waals surface area contributed by atoms with Gasteiger partial charge in [0.2, 0.25) is 5.88 Å². The molecule has 0 aliphatic heterocycles. The SMILES string of the molecule is Nc1cc(-c2ccc(-n3ccnc3)cc2)no1. The average Bonchev–Trinajstić information content (AvgIpc) is 3.00. The third-order valence-electron chi connectivity index (χ3n) is 2.49. The smallest absolute Gasteiger partial charge is 0.222 e. The lowest BCUT2D eigenvalue weighted by atomic mass is 10.1. The van der Waals surface area contributed by atoms with Crippen molar-refractivity contribution >= 4 is 5.88 Å². The Kier molecular flexibility index (Phi) is 2.15. The maximum Gasteiger partial charge on any atom is 0.222 e. The van der Waals surface area contributed by atoms with Crippen molar-refractivity contribution in [1.29, 1.82) is 0 Å². The van der Waals surface area contributed by atoms with Crippen molar-refractivity contribution in [2.24, 2.45) is 0 Å². The molecule has 5 heteroatoms. The molecule has 0 saturated carbocycles. The molecule has 84 valence electrons. The molecule has 1 aromatic carbocycles. The molecular formula is C12H10N4O. The van der Waals surface area contributed by atoms with Crippen LogP contribution < -0.4 is 5.73 Å². The van der Waals surface area contributed by atoms with E-state index in [1.807, 2.05) is 35.0 Å². The number of nitrogens with zero attached hydrogens (tertiary/aromatic N) is 3. The number of hydrogen-bond acceptors (Lipinski definition) is 4. The van der Waals surface area contributed by atoms with Crippen LogP contribution in [0.1, 0.15) is 0 Å². The van der Waals surface area contributed by atoms with Gasteiger partial charge in [0.15, 0.2) is 0 Å². The van der Waals surface area contributed by atoms with E-state index in [1.165, 1.54) is 0 Å². The third kappa shape index (κ3) is 1.78. The van der Waals surface area contributed by atoms with Crippen molar-refractivity contribution in [3.8, 4) is 16.9 Å². The molecule has 0 atom stereocenters. The highest BCUT2D eigenvalue weighted by atomic mass is 16.5. The Balaban J connectivity index is 1.95. The van der Waals surface area contributed by atoms with Crippen LogP contribution in [0.2, 0.25) is 0 Å². The fourth-order valence-corrected chi connectivity index (χ4v) is 1.64. The molecule has 0 bridgehead atoms. The Morgan fingerprint density at radius 3 is 2.59 bits per heavy atom. The minimum atomic E-state index is 0.318.